The van der Waals surface area contributed by atoms with Crippen LogP contribution in [0.25, 0.3) is 0 Å². The number of benzene rings is 1. The van der Waals surface area contributed by atoms with E-state index in [-0.39, 0.29) is 23.2 Å². The number of carbonyl (C=O) groups excluding carboxylic acids is 1. The summed E-state index contributed by atoms with van der Waals surface area (Å²) < 4.78 is 6.68. The van der Waals surface area contributed by atoms with E-state index in [2.05, 4.69) is 5.10 Å². The molecule has 23 heavy (non-hydrogen) atoms. The Morgan fingerprint density at radius 1 is 1.26 bits per heavy atom. The van der Waals surface area contributed by atoms with E-state index in [1.165, 1.54) is 16.8 Å². The molecule has 1 aromatic heterocycles. The monoisotopic (exact) mass is 313 g/mol. The summed E-state index contributed by atoms with van der Waals surface area (Å²) in [6, 6.07) is 12.5. The first-order chi connectivity index (χ1) is 11.1. The summed E-state index contributed by atoms with van der Waals surface area (Å²) in [5.41, 5.74) is 1.03. The number of hydrogen-bond donors (Lipinski definition) is 0. The average molecular weight is 313 g/mol. The summed E-state index contributed by atoms with van der Waals surface area (Å²) in [6.45, 7) is 3.88. The van der Waals surface area contributed by atoms with Crippen molar-refractivity contribution in [2.24, 2.45) is 0 Å². The maximum absolute atomic E-state index is 12.6. The summed E-state index contributed by atoms with van der Waals surface area (Å²) in [4.78, 5) is 26.4. The highest BCUT2D eigenvalue weighted by Crippen LogP contribution is 2.10. The van der Waals surface area contributed by atoms with Crippen LogP contribution < -0.4 is 5.56 Å². The molecule has 1 saturated heterocycles. The Morgan fingerprint density at radius 3 is 2.78 bits per heavy atom. The summed E-state index contributed by atoms with van der Waals surface area (Å²) in [7, 11) is 0. The SMILES string of the molecule is C[C@@H]1COCCN1C(=O)c1ccc(=O)n(Cc2ccccc2)n1. The maximum Gasteiger partial charge on any atom is 0.274 e. The van der Waals surface area contributed by atoms with Crippen molar-refractivity contribution in [3.05, 3.63) is 64.1 Å². The highest BCUT2D eigenvalue weighted by molar-refractivity contribution is 5.92. The summed E-state index contributed by atoms with van der Waals surface area (Å²) in [5.74, 6) is -0.164. The average Bonchev–Trinajstić information content (AvgIpc) is 2.58. The van der Waals surface area contributed by atoms with Crippen molar-refractivity contribution in [3.8, 4) is 0 Å². The first-order valence-electron chi connectivity index (χ1n) is 7.66. The van der Waals surface area contributed by atoms with Gasteiger partial charge in [-0.15, -0.1) is 0 Å². The molecule has 0 aliphatic carbocycles. The number of carbonyl (C=O) groups is 1. The van der Waals surface area contributed by atoms with E-state index in [0.29, 0.717) is 26.3 Å². The molecule has 2 aromatic rings. The van der Waals surface area contributed by atoms with Crippen molar-refractivity contribution in [1.29, 1.82) is 0 Å². The number of nitrogens with zero attached hydrogens (tertiary/aromatic N) is 3. The zero-order valence-electron chi connectivity index (χ0n) is 13.0. The van der Waals surface area contributed by atoms with Gasteiger partial charge in [0.1, 0.15) is 5.69 Å². The van der Waals surface area contributed by atoms with E-state index in [9.17, 15) is 9.59 Å². The molecule has 0 unspecified atom stereocenters. The topological polar surface area (TPSA) is 64.4 Å². The molecule has 3 rings (SSSR count). The van der Waals surface area contributed by atoms with E-state index in [1.807, 2.05) is 37.3 Å². The minimum atomic E-state index is -0.222. The predicted octanol–water partition coefficient (Wildman–Crippen LogP) is 1.15. The number of amides is 1. The van der Waals surface area contributed by atoms with Gasteiger partial charge in [0.25, 0.3) is 11.5 Å². The molecular weight excluding hydrogens is 294 g/mol. The Morgan fingerprint density at radius 2 is 2.04 bits per heavy atom. The third-order valence-electron chi connectivity index (χ3n) is 3.89. The fourth-order valence-corrected chi connectivity index (χ4v) is 2.61. The second kappa shape index (κ2) is 6.75. The lowest BCUT2D eigenvalue weighted by molar-refractivity contribution is 0.00313. The highest BCUT2D eigenvalue weighted by atomic mass is 16.5. The van der Waals surface area contributed by atoms with Gasteiger partial charge in [0.2, 0.25) is 0 Å². The van der Waals surface area contributed by atoms with Crippen LogP contribution >= 0.6 is 0 Å². The van der Waals surface area contributed by atoms with E-state index >= 15 is 0 Å². The van der Waals surface area contributed by atoms with Crippen LogP contribution in [0.1, 0.15) is 23.0 Å². The smallest absolute Gasteiger partial charge is 0.274 e. The van der Waals surface area contributed by atoms with Gasteiger partial charge in [-0.05, 0) is 18.6 Å². The lowest BCUT2D eigenvalue weighted by atomic mass is 10.2. The summed E-state index contributed by atoms with van der Waals surface area (Å²) in [6.07, 6.45) is 0. The molecule has 0 bridgehead atoms. The third kappa shape index (κ3) is 3.48. The molecule has 120 valence electrons. The van der Waals surface area contributed by atoms with Crippen LogP contribution in [0.5, 0.6) is 0 Å². The van der Waals surface area contributed by atoms with Gasteiger partial charge < -0.3 is 9.64 Å². The molecular formula is C17H19N3O3. The molecule has 6 nitrogen and oxygen atoms in total. The largest absolute Gasteiger partial charge is 0.377 e. The molecule has 6 heteroatoms. The Hall–Kier alpha value is -2.47. The standard InChI is InChI=1S/C17H19N3O3/c1-13-12-23-10-9-19(13)17(22)15-7-8-16(21)20(18-15)11-14-5-3-2-4-6-14/h2-8,13H,9-12H2,1H3/t13-/m1/s1. The number of ether oxygens (including phenoxy) is 1. The minimum Gasteiger partial charge on any atom is -0.377 e. The van der Waals surface area contributed by atoms with Crippen molar-refractivity contribution in [3.63, 3.8) is 0 Å². The van der Waals surface area contributed by atoms with Crippen LogP contribution in [0.3, 0.4) is 0 Å². The van der Waals surface area contributed by atoms with Gasteiger partial charge in [-0.25, -0.2) is 4.68 Å². The maximum atomic E-state index is 12.6. The Kier molecular flexibility index (Phi) is 4.52. The number of hydrogen-bond acceptors (Lipinski definition) is 4. The van der Waals surface area contributed by atoms with Gasteiger partial charge in [-0.1, -0.05) is 30.3 Å². The molecule has 1 atom stereocenters. The second-order valence-electron chi connectivity index (χ2n) is 5.62. The minimum absolute atomic E-state index is 0.00699. The lowest BCUT2D eigenvalue weighted by Crippen LogP contribution is -2.47. The molecule has 0 saturated carbocycles. The molecule has 0 radical (unpaired) electrons. The number of rotatable bonds is 3. The quantitative estimate of drug-likeness (QED) is 0.853. The van der Waals surface area contributed by atoms with E-state index < -0.39 is 0 Å². The van der Waals surface area contributed by atoms with Crippen LogP contribution in [0.4, 0.5) is 0 Å². The van der Waals surface area contributed by atoms with Gasteiger partial charge in [0.05, 0.1) is 25.8 Å². The van der Waals surface area contributed by atoms with Crippen molar-refractivity contribution in [1.82, 2.24) is 14.7 Å². The molecule has 0 N–H and O–H groups in total. The van der Waals surface area contributed by atoms with Gasteiger partial charge >= 0.3 is 0 Å². The fourth-order valence-electron chi connectivity index (χ4n) is 2.61. The van der Waals surface area contributed by atoms with Gasteiger partial charge in [0, 0.05) is 12.6 Å². The first kappa shape index (κ1) is 15.4. The molecule has 1 fully saturated rings. The summed E-state index contributed by atoms with van der Waals surface area (Å²) >= 11 is 0. The van der Waals surface area contributed by atoms with Crippen LogP contribution in [-0.2, 0) is 11.3 Å². The second-order valence-corrected chi connectivity index (χ2v) is 5.62. The Labute approximate surface area is 134 Å². The molecule has 1 aliphatic heterocycles. The van der Waals surface area contributed by atoms with Crippen molar-refractivity contribution in [2.75, 3.05) is 19.8 Å². The normalized spacial score (nSPS) is 18.0. The van der Waals surface area contributed by atoms with Crippen molar-refractivity contribution in [2.45, 2.75) is 19.5 Å². The van der Waals surface area contributed by atoms with Crippen LogP contribution in [0, 0.1) is 0 Å². The first-order valence-corrected chi connectivity index (χ1v) is 7.66. The molecule has 2 heterocycles. The molecule has 1 amide bonds. The zero-order valence-corrected chi connectivity index (χ0v) is 13.0. The van der Waals surface area contributed by atoms with Gasteiger partial charge in [-0.3, -0.25) is 9.59 Å². The number of morpholine rings is 1. The van der Waals surface area contributed by atoms with E-state index in [0.717, 1.165) is 5.56 Å². The van der Waals surface area contributed by atoms with Crippen molar-refractivity contribution >= 4 is 5.91 Å². The molecule has 1 aromatic carbocycles. The summed E-state index contributed by atoms with van der Waals surface area (Å²) in [5, 5.41) is 4.25. The Bertz CT molecular complexity index is 742. The van der Waals surface area contributed by atoms with E-state index in [4.69, 9.17) is 4.74 Å². The fraction of sp³-hybridized carbons (Fsp3) is 0.353. The molecule has 1 aliphatic rings. The van der Waals surface area contributed by atoms with Crippen LogP contribution in [0.15, 0.2) is 47.3 Å². The van der Waals surface area contributed by atoms with Gasteiger partial charge in [-0.2, -0.15) is 5.10 Å². The number of aromatic nitrogens is 2. The van der Waals surface area contributed by atoms with E-state index in [1.54, 1.807) is 4.90 Å². The highest BCUT2D eigenvalue weighted by Gasteiger charge is 2.26. The van der Waals surface area contributed by atoms with Gasteiger partial charge in [0.15, 0.2) is 0 Å². The Balaban J connectivity index is 1.85. The zero-order chi connectivity index (χ0) is 16.2. The predicted molar refractivity (Wildman–Crippen MR) is 85.4 cm³/mol. The van der Waals surface area contributed by atoms with Crippen LogP contribution in [0.2, 0.25) is 0 Å². The van der Waals surface area contributed by atoms with Crippen LogP contribution in [-0.4, -0.2) is 46.4 Å². The third-order valence-corrected chi connectivity index (χ3v) is 3.89. The lowest BCUT2D eigenvalue weighted by Gasteiger charge is -2.33. The molecule has 0 spiro atoms. The van der Waals surface area contributed by atoms with Crippen molar-refractivity contribution < 1.29 is 9.53 Å².